The Morgan fingerprint density at radius 1 is 1.21 bits per heavy atom. The first-order valence-corrected chi connectivity index (χ1v) is 9.78. The van der Waals surface area contributed by atoms with Gasteiger partial charge in [-0.25, -0.2) is 14.4 Å². The lowest BCUT2D eigenvalue weighted by atomic mass is 10.1. The maximum Gasteiger partial charge on any atom is 0.140 e. The van der Waals surface area contributed by atoms with Gasteiger partial charge in [0.25, 0.3) is 0 Å². The van der Waals surface area contributed by atoms with Crippen molar-refractivity contribution in [3.8, 4) is 21.8 Å². The highest BCUT2D eigenvalue weighted by Crippen LogP contribution is 2.36. The monoisotopic (exact) mass is 392 g/mol. The number of H-pyrrole nitrogens is 1. The van der Waals surface area contributed by atoms with Crippen molar-refractivity contribution in [1.29, 1.82) is 0 Å². The van der Waals surface area contributed by atoms with E-state index in [-0.39, 0.29) is 5.82 Å². The van der Waals surface area contributed by atoms with E-state index >= 15 is 0 Å². The third-order valence-electron chi connectivity index (χ3n) is 4.82. The van der Waals surface area contributed by atoms with Crippen LogP contribution in [-0.4, -0.2) is 33.2 Å². The van der Waals surface area contributed by atoms with Gasteiger partial charge in [-0.15, -0.1) is 11.3 Å². The number of ether oxygens (including phenoxy) is 1. The number of hydrogen-bond acceptors (Lipinski definition) is 4. The van der Waals surface area contributed by atoms with Crippen molar-refractivity contribution in [1.82, 2.24) is 19.5 Å². The maximum absolute atomic E-state index is 13.7. The molecule has 0 saturated carbocycles. The molecule has 0 saturated heterocycles. The molecule has 0 spiro atoms. The van der Waals surface area contributed by atoms with Gasteiger partial charge in [0.2, 0.25) is 0 Å². The Kier molecular flexibility index (Phi) is 4.18. The quantitative estimate of drug-likeness (QED) is 0.453. The number of aromatic amines is 1. The molecule has 0 aliphatic heterocycles. The number of halogens is 1. The van der Waals surface area contributed by atoms with Crippen LogP contribution in [0.5, 0.6) is 0 Å². The topological polar surface area (TPSA) is 55.7 Å². The highest BCUT2D eigenvalue weighted by atomic mass is 32.1. The fraction of sp³-hybridized carbons (Fsp3) is 0.143. The summed E-state index contributed by atoms with van der Waals surface area (Å²) in [6.07, 6.45) is 5.75. The average molecular weight is 392 g/mol. The number of pyridine rings is 1. The summed E-state index contributed by atoms with van der Waals surface area (Å²) in [5.74, 6) is -0.252. The molecule has 0 atom stereocenters. The number of rotatable bonds is 5. The van der Waals surface area contributed by atoms with E-state index in [1.54, 1.807) is 36.8 Å². The number of hydrogen-bond donors (Lipinski definition) is 1. The average Bonchev–Trinajstić information content (AvgIpc) is 3.42. The van der Waals surface area contributed by atoms with E-state index in [0.29, 0.717) is 6.61 Å². The lowest BCUT2D eigenvalue weighted by Gasteiger charge is -2.02. The van der Waals surface area contributed by atoms with Gasteiger partial charge < -0.3 is 14.3 Å². The predicted molar refractivity (Wildman–Crippen MR) is 110 cm³/mol. The van der Waals surface area contributed by atoms with Crippen molar-refractivity contribution in [3.05, 3.63) is 60.1 Å². The van der Waals surface area contributed by atoms with Gasteiger partial charge in [-0.3, -0.25) is 0 Å². The molecule has 4 heterocycles. The van der Waals surface area contributed by atoms with Crippen LogP contribution >= 0.6 is 11.3 Å². The molecule has 5 nitrogen and oxygen atoms in total. The van der Waals surface area contributed by atoms with Crippen LogP contribution in [0.1, 0.15) is 0 Å². The summed E-state index contributed by atoms with van der Waals surface area (Å²) in [6, 6.07) is 8.74. The minimum atomic E-state index is -0.252. The van der Waals surface area contributed by atoms with Gasteiger partial charge in [-0.05, 0) is 30.3 Å². The van der Waals surface area contributed by atoms with E-state index in [0.717, 1.165) is 50.3 Å². The maximum atomic E-state index is 13.7. The second-order valence-corrected chi connectivity index (χ2v) is 7.39. The number of fused-ring (bicyclic) bond motifs is 2. The molecule has 0 fully saturated rings. The molecular weight excluding hydrogens is 375 g/mol. The molecule has 5 rings (SSSR count). The lowest BCUT2D eigenvalue weighted by Crippen LogP contribution is -2.03. The summed E-state index contributed by atoms with van der Waals surface area (Å²) < 4.78 is 21.0. The predicted octanol–water partition coefficient (Wildman–Crippen LogP) is 5.09. The summed E-state index contributed by atoms with van der Waals surface area (Å²) in [5, 5.41) is 4.79. The Bertz CT molecular complexity index is 1290. The van der Waals surface area contributed by atoms with Crippen LogP contribution in [0.15, 0.2) is 54.3 Å². The number of thiazole rings is 1. The first kappa shape index (κ1) is 17.1. The number of nitrogens with zero attached hydrogens (tertiary/aromatic N) is 3. The van der Waals surface area contributed by atoms with Crippen LogP contribution in [0.25, 0.3) is 43.8 Å². The molecule has 5 aromatic rings. The van der Waals surface area contributed by atoms with Crippen LogP contribution < -0.4 is 0 Å². The Morgan fingerprint density at radius 3 is 3.04 bits per heavy atom. The molecule has 28 heavy (non-hydrogen) atoms. The molecule has 0 bridgehead atoms. The van der Waals surface area contributed by atoms with Crippen molar-refractivity contribution in [2.45, 2.75) is 6.54 Å². The first-order valence-electron chi connectivity index (χ1n) is 8.90. The Hall–Kier alpha value is -3.03. The SMILES string of the molecule is COCCn1cc(-c2csc(-c3c[nH]c4ccc(F)cc34)n2)c2cccnc21. The molecule has 1 aromatic carbocycles. The lowest BCUT2D eigenvalue weighted by molar-refractivity contribution is 0.188. The second kappa shape index (κ2) is 6.85. The van der Waals surface area contributed by atoms with Gasteiger partial charge in [0.1, 0.15) is 16.5 Å². The van der Waals surface area contributed by atoms with Crippen molar-refractivity contribution in [3.63, 3.8) is 0 Å². The highest BCUT2D eigenvalue weighted by molar-refractivity contribution is 7.13. The summed E-state index contributed by atoms with van der Waals surface area (Å²) in [6.45, 7) is 1.34. The minimum Gasteiger partial charge on any atom is -0.383 e. The van der Waals surface area contributed by atoms with Gasteiger partial charge in [0, 0.05) is 65.0 Å². The van der Waals surface area contributed by atoms with Crippen LogP contribution in [0.4, 0.5) is 4.39 Å². The molecule has 1 N–H and O–H groups in total. The van der Waals surface area contributed by atoms with E-state index < -0.39 is 0 Å². The Morgan fingerprint density at radius 2 is 2.14 bits per heavy atom. The zero-order valence-electron chi connectivity index (χ0n) is 15.1. The van der Waals surface area contributed by atoms with Crippen molar-refractivity contribution in [2.75, 3.05) is 13.7 Å². The van der Waals surface area contributed by atoms with E-state index in [4.69, 9.17) is 9.72 Å². The molecule has 0 aliphatic rings. The molecule has 4 aromatic heterocycles. The van der Waals surface area contributed by atoms with E-state index in [2.05, 4.69) is 26.8 Å². The molecular formula is C21H17FN4OS. The number of benzene rings is 1. The van der Waals surface area contributed by atoms with Gasteiger partial charge >= 0.3 is 0 Å². The molecule has 7 heteroatoms. The van der Waals surface area contributed by atoms with Gasteiger partial charge in [-0.1, -0.05) is 0 Å². The molecule has 0 amide bonds. The Labute approximate surface area is 164 Å². The zero-order valence-corrected chi connectivity index (χ0v) is 16.0. The molecule has 140 valence electrons. The van der Waals surface area contributed by atoms with E-state index in [9.17, 15) is 4.39 Å². The van der Waals surface area contributed by atoms with Gasteiger partial charge in [-0.2, -0.15) is 0 Å². The van der Waals surface area contributed by atoms with E-state index in [1.165, 1.54) is 6.07 Å². The van der Waals surface area contributed by atoms with Crippen LogP contribution in [-0.2, 0) is 11.3 Å². The smallest absolute Gasteiger partial charge is 0.140 e. The molecule has 0 aliphatic carbocycles. The zero-order chi connectivity index (χ0) is 19.1. The fourth-order valence-corrected chi connectivity index (χ4v) is 4.33. The van der Waals surface area contributed by atoms with Gasteiger partial charge in [0.05, 0.1) is 12.3 Å². The van der Waals surface area contributed by atoms with Gasteiger partial charge in [0.15, 0.2) is 0 Å². The molecule has 0 unspecified atom stereocenters. The van der Waals surface area contributed by atoms with Crippen LogP contribution in [0.2, 0.25) is 0 Å². The number of methoxy groups -OCH3 is 1. The first-order chi connectivity index (χ1) is 13.7. The summed E-state index contributed by atoms with van der Waals surface area (Å²) >= 11 is 1.55. The summed E-state index contributed by atoms with van der Waals surface area (Å²) in [4.78, 5) is 12.6. The fourth-order valence-electron chi connectivity index (χ4n) is 3.48. The van der Waals surface area contributed by atoms with Crippen LogP contribution in [0, 0.1) is 5.82 Å². The van der Waals surface area contributed by atoms with E-state index in [1.807, 2.05) is 17.6 Å². The molecule has 0 radical (unpaired) electrons. The van der Waals surface area contributed by atoms with Crippen molar-refractivity contribution >= 4 is 33.3 Å². The third kappa shape index (κ3) is 2.80. The summed E-state index contributed by atoms with van der Waals surface area (Å²) in [7, 11) is 1.69. The normalized spacial score (nSPS) is 11.6. The number of aromatic nitrogens is 4. The van der Waals surface area contributed by atoms with Crippen LogP contribution in [0.3, 0.4) is 0 Å². The van der Waals surface area contributed by atoms with Crippen molar-refractivity contribution < 1.29 is 9.13 Å². The number of nitrogens with one attached hydrogen (secondary N) is 1. The largest absolute Gasteiger partial charge is 0.383 e. The third-order valence-corrected chi connectivity index (χ3v) is 5.70. The Balaban J connectivity index is 1.60. The highest BCUT2D eigenvalue weighted by Gasteiger charge is 2.16. The summed E-state index contributed by atoms with van der Waals surface area (Å²) in [5.41, 5.74) is 4.64. The second-order valence-electron chi connectivity index (χ2n) is 6.53. The minimum absolute atomic E-state index is 0.252. The van der Waals surface area contributed by atoms with Crippen molar-refractivity contribution in [2.24, 2.45) is 0 Å². The standard InChI is InChI=1S/C21H17FN4OS/c1-27-8-7-26-11-17(14-3-2-6-23-20(14)26)19-12-28-21(25-19)16-10-24-18-5-4-13(22)9-15(16)18/h2-6,9-12,24H,7-8H2,1H3.